The van der Waals surface area contributed by atoms with E-state index in [2.05, 4.69) is 4.90 Å². The van der Waals surface area contributed by atoms with Crippen LogP contribution in [0.5, 0.6) is 0 Å². The second-order valence-corrected chi connectivity index (χ2v) is 6.27. The number of halogens is 1. The number of carboxylic acid groups (broad SMARTS) is 1. The quantitative estimate of drug-likeness (QED) is 0.923. The topological polar surface area (TPSA) is 40.5 Å². The number of fused-ring (bicyclic) bond motifs is 1. The second-order valence-electron chi connectivity index (χ2n) is 6.27. The van der Waals surface area contributed by atoms with E-state index in [9.17, 15) is 14.3 Å². The van der Waals surface area contributed by atoms with Gasteiger partial charge < -0.3 is 5.11 Å². The van der Waals surface area contributed by atoms with Crippen LogP contribution in [0.4, 0.5) is 4.39 Å². The molecule has 3 rings (SSSR count). The van der Waals surface area contributed by atoms with Crippen LogP contribution in [0.2, 0.25) is 0 Å². The maximum absolute atomic E-state index is 14.1. The Kier molecular flexibility index (Phi) is 3.28. The Morgan fingerprint density at radius 3 is 3.05 bits per heavy atom. The second kappa shape index (κ2) is 4.85. The van der Waals surface area contributed by atoms with Crippen molar-refractivity contribution in [3.8, 4) is 0 Å². The first-order chi connectivity index (χ1) is 9.53. The van der Waals surface area contributed by atoms with Gasteiger partial charge in [0.2, 0.25) is 0 Å². The van der Waals surface area contributed by atoms with Crippen molar-refractivity contribution < 1.29 is 14.3 Å². The van der Waals surface area contributed by atoms with Gasteiger partial charge in [0.1, 0.15) is 5.82 Å². The fraction of sp³-hybridized carbons (Fsp3) is 0.562. The SMILES string of the molecule is Cc1cccc(CN2C[C@@H]3CCC[C@@]3(C(=O)O)C2)c1F. The highest BCUT2D eigenvalue weighted by molar-refractivity contribution is 5.76. The molecule has 1 aromatic carbocycles. The van der Waals surface area contributed by atoms with Gasteiger partial charge in [-0.2, -0.15) is 0 Å². The highest BCUT2D eigenvalue weighted by Crippen LogP contribution is 2.49. The summed E-state index contributed by atoms with van der Waals surface area (Å²) >= 11 is 0. The van der Waals surface area contributed by atoms with Crippen molar-refractivity contribution in [1.82, 2.24) is 4.90 Å². The predicted octanol–water partition coefficient (Wildman–Crippen LogP) is 2.82. The number of benzene rings is 1. The van der Waals surface area contributed by atoms with Gasteiger partial charge in [0.25, 0.3) is 0 Å². The normalized spacial score (nSPS) is 29.6. The summed E-state index contributed by atoms with van der Waals surface area (Å²) in [5.74, 6) is -0.603. The lowest BCUT2D eigenvalue weighted by Crippen LogP contribution is -2.35. The van der Waals surface area contributed by atoms with E-state index in [4.69, 9.17) is 0 Å². The molecule has 1 aliphatic heterocycles. The van der Waals surface area contributed by atoms with Gasteiger partial charge >= 0.3 is 5.97 Å². The van der Waals surface area contributed by atoms with Crippen LogP contribution >= 0.6 is 0 Å². The molecule has 1 N–H and O–H groups in total. The average Bonchev–Trinajstić information content (AvgIpc) is 2.92. The number of aliphatic carboxylic acids is 1. The Morgan fingerprint density at radius 1 is 1.55 bits per heavy atom. The molecule has 0 bridgehead atoms. The molecule has 1 heterocycles. The zero-order chi connectivity index (χ0) is 14.3. The summed E-state index contributed by atoms with van der Waals surface area (Å²) in [4.78, 5) is 13.7. The molecule has 4 heteroatoms. The third-order valence-electron chi connectivity index (χ3n) is 5.03. The lowest BCUT2D eigenvalue weighted by atomic mass is 9.81. The lowest BCUT2D eigenvalue weighted by molar-refractivity contribution is -0.149. The van der Waals surface area contributed by atoms with Crippen molar-refractivity contribution in [3.63, 3.8) is 0 Å². The first kappa shape index (κ1) is 13.6. The maximum atomic E-state index is 14.1. The molecule has 2 atom stereocenters. The van der Waals surface area contributed by atoms with E-state index in [-0.39, 0.29) is 11.7 Å². The lowest BCUT2D eigenvalue weighted by Gasteiger charge is -2.23. The molecule has 0 unspecified atom stereocenters. The largest absolute Gasteiger partial charge is 0.481 e. The molecule has 2 fully saturated rings. The Labute approximate surface area is 118 Å². The van der Waals surface area contributed by atoms with Crippen molar-refractivity contribution in [2.45, 2.75) is 32.7 Å². The molecule has 1 saturated carbocycles. The average molecular weight is 277 g/mol. The van der Waals surface area contributed by atoms with Crippen LogP contribution < -0.4 is 0 Å². The standard InChI is InChI=1S/C16H20FNO2/c1-11-4-2-5-12(14(11)17)8-18-9-13-6-3-7-16(13,10-18)15(19)20/h2,4-5,13H,3,6-10H2,1H3,(H,19,20)/t13-,16+/m0/s1. The van der Waals surface area contributed by atoms with Crippen molar-refractivity contribution >= 4 is 5.97 Å². The molecule has 1 aliphatic carbocycles. The van der Waals surface area contributed by atoms with E-state index >= 15 is 0 Å². The zero-order valence-corrected chi connectivity index (χ0v) is 11.7. The minimum atomic E-state index is -0.674. The first-order valence-corrected chi connectivity index (χ1v) is 7.23. The van der Waals surface area contributed by atoms with Crippen LogP contribution in [0.1, 0.15) is 30.4 Å². The Balaban J connectivity index is 1.78. The molecule has 20 heavy (non-hydrogen) atoms. The molecule has 1 saturated heterocycles. The number of nitrogens with zero attached hydrogens (tertiary/aromatic N) is 1. The summed E-state index contributed by atoms with van der Waals surface area (Å²) in [6.07, 6.45) is 2.75. The van der Waals surface area contributed by atoms with Crippen LogP contribution in [-0.4, -0.2) is 29.1 Å². The van der Waals surface area contributed by atoms with Crippen LogP contribution in [0, 0.1) is 24.1 Å². The predicted molar refractivity (Wildman–Crippen MR) is 73.8 cm³/mol. The maximum Gasteiger partial charge on any atom is 0.311 e. The first-order valence-electron chi connectivity index (χ1n) is 7.23. The van der Waals surface area contributed by atoms with Gasteiger partial charge in [0.05, 0.1) is 5.41 Å². The van der Waals surface area contributed by atoms with Gasteiger partial charge in [-0.15, -0.1) is 0 Å². The Hall–Kier alpha value is -1.42. The van der Waals surface area contributed by atoms with E-state index in [0.717, 1.165) is 25.8 Å². The highest BCUT2D eigenvalue weighted by Gasteiger charge is 2.54. The summed E-state index contributed by atoms with van der Waals surface area (Å²) in [5, 5.41) is 9.56. The van der Waals surface area contributed by atoms with E-state index in [1.807, 2.05) is 6.07 Å². The van der Waals surface area contributed by atoms with Crippen LogP contribution in [0.15, 0.2) is 18.2 Å². The number of aryl methyl sites for hydroxylation is 1. The van der Waals surface area contributed by atoms with Crippen LogP contribution in [0.3, 0.4) is 0 Å². The Morgan fingerprint density at radius 2 is 2.35 bits per heavy atom. The molecule has 0 aromatic heterocycles. The number of likely N-dealkylation sites (tertiary alicyclic amines) is 1. The van der Waals surface area contributed by atoms with E-state index in [1.165, 1.54) is 0 Å². The number of rotatable bonds is 3. The summed E-state index contributed by atoms with van der Waals surface area (Å²) in [6.45, 7) is 3.61. The summed E-state index contributed by atoms with van der Waals surface area (Å²) in [6, 6.07) is 5.41. The van der Waals surface area contributed by atoms with E-state index in [1.54, 1.807) is 19.1 Å². The van der Waals surface area contributed by atoms with E-state index in [0.29, 0.717) is 24.2 Å². The molecule has 3 nitrogen and oxygen atoms in total. The minimum Gasteiger partial charge on any atom is -0.481 e. The third kappa shape index (κ3) is 2.03. The number of carbonyl (C=O) groups is 1. The Bertz CT molecular complexity index is 545. The summed E-state index contributed by atoms with van der Waals surface area (Å²) in [7, 11) is 0. The molecule has 2 aliphatic rings. The van der Waals surface area contributed by atoms with Gasteiger partial charge in [-0.25, -0.2) is 4.39 Å². The van der Waals surface area contributed by atoms with E-state index < -0.39 is 11.4 Å². The van der Waals surface area contributed by atoms with Crippen molar-refractivity contribution in [2.75, 3.05) is 13.1 Å². The van der Waals surface area contributed by atoms with Crippen molar-refractivity contribution in [3.05, 3.63) is 35.1 Å². The fourth-order valence-electron chi connectivity index (χ4n) is 3.93. The zero-order valence-electron chi connectivity index (χ0n) is 11.7. The fourth-order valence-corrected chi connectivity index (χ4v) is 3.93. The van der Waals surface area contributed by atoms with Gasteiger partial charge in [-0.05, 0) is 31.2 Å². The van der Waals surface area contributed by atoms with Gasteiger partial charge in [0, 0.05) is 25.2 Å². The molecular weight excluding hydrogens is 257 g/mol. The summed E-state index contributed by atoms with van der Waals surface area (Å²) in [5.41, 5.74) is 0.737. The van der Waals surface area contributed by atoms with Gasteiger partial charge in [-0.1, -0.05) is 24.6 Å². The van der Waals surface area contributed by atoms with Gasteiger partial charge in [-0.3, -0.25) is 9.69 Å². The molecular formula is C16H20FNO2. The molecule has 0 spiro atoms. The number of carboxylic acids is 1. The van der Waals surface area contributed by atoms with Crippen molar-refractivity contribution in [1.29, 1.82) is 0 Å². The smallest absolute Gasteiger partial charge is 0.311 e. The molecule has 0 radical (unpaired) electrons. The van der Waals surface area contributed by atoms with Crippen LogP contribution in [0.25, 0.3) is 0 Å². The molecule has 0 amide bonds. The highest BCUT2D eigenvalue weighted by atomic mass is 19.1. The van der Waals surface area contributed by atoms with Gasteiger partial charge in [0.15, 0.2) is 0 Å². The van der Waals surface area contributed by atoms with Crippen LogP contribution in [-0.2, 0) is 11.3 Å². The third-order valence-corrected chi connectivity index (χ3v) is 5.03. The molecule has 1 aromatic rings. The minimum absolute atomic E-state index is 0.158. The number of hydrogen-bond donors (Lipinski definition) is 1. The molecule has 108 valence electrons. The van der Waals surface area contributed by atoms with Crippen molar-refractivity contribution in [2.24, 2.45) is 11.3 Å². The number of hydrogen-bond acceptors (Lipinski definition) is 2. The summed E-state index contributed by atoms with van der Waals surface area (Å²) < 4.78 is 14.1. The monoisotopic (exact) mass is 277 g/mol.